The SMILES string of the molecule is c1ccc(-c2ccc(N(c3ccccc3)c3ccc(-c4cc5c(cc4-c4nc6ccccc6o4)oc4cc6ccccc6cc45)c4ccccc34)cc2)cc1. The first-order valence-corrected chi connectivity index (χ1v) is 18.5. The fraction of sp³-hybridized carbons (Fsp3) is 0. The zero-order chi connectivity index (χ0) is 36.3. The molecule has 0 amide bonds. The Bertz CT molecular complexity index is 3170. The molecule has 258 valence electrons. The molecule has 11 aromatic rings. The maximum absolute atomic E-state index is 6.58. The van der Waals surface area contributed by atoms with Crippen LogP contribution < -0.4 is 4.90 Å². The minimum atomic E-state index is 0.557. The largest absolute Gasteiger partial charge is 0.456 e. The van der Waals surface area contributed by atoms with Gasteiger partial charge in [-0.05, 0) is 105 Å². The normalized spacial score (nSPS) is 11.6. The molecule has 4 nitrogen and oxygen atoms in total. The second-order valence-corrected chi connectivity index (χ2v) is 13.9. The van der Waals surface area contributed by atoms with E-state index in [1.54, 1.807) is 0 Å². The van der Waals surface area contributed by atoms with Crippen molar-refractivity contribution in [3.05, 3.63) is 194 Å². The van der Waals surface area contributed by atoms with Crippen molar-refractivity contribution in [3.63, 3.8) is 0 Å². The third-order valence-corrected chi connectivity index (χ3v) is 10.7. The average Bonchev–Trinajstić information content (AvgIpc) is 3.84. The van der Waals surface area contributed by atoms with Crippen LogP contribution in [-0.2, 0) is 0 Å². The van der Waals surface area contributed by atoms with E-state index in [9.17, 15) is 0 Å². The summed E-state index contributed by atoms with van der Waals surface area (Å²) in [5, 5.41) is 6.70. The van der Waals surface area contributed by atoms with Gasteiger partial charge in [0.15, 0.2) is 5.58 Å². The predicted molar refractivity (Wildman–Crippen MR) is 227 cm³/mol. The Labute approximate surface area is 317 Å². The Morgan fingerprint density at radius 3 is 1.78 bits per heavy atom. The van der Waals surface area contributed by atoms with Crippen LogP contribution in [0.15, 0.2) is 203 Å². The molecule has 0 N–H and O–H groups in total. The number of aromatic nitrogens is 1. The summed E-state index contributed by atoms with van der Waals surface area (Å²) in [6, 6.07) is 68.2. The summed E-state index contributed by atoms with van der Waals surface area (Å²) in [7, 11) is 0. The Balaban J connectivity index is 1.14. The molecule has 0 unspecified atom stereocenters. The van der Waals surface area contributed by atoms with E-state index in [1.165, 1.54) is 16.5 Å². The van der Waals surface area contributed by atoms with Gasteiger partial charge < -0.3 is 13.7 Å². The van der Waals surface area contributed by atoms with E-state index < -0.39 is 0 Å². The fourth-order valence-electron chi connectivity index (χ4n) is 8.05. The first-order valence-electron chi connectivity index (χ1n) is 18.5. The van der Waals surface area contributed by atoms with Crippen molar-refractivity contribution in [1.29, 1.82) is 0 Å². The molecular weight excluding hydrogens is 673 g/mol. The van der Waals surface area contributed by atoms with E-state index in [0.717, 1.165) is 82.9 Å². The van der Waals surface area contributed by atoms with E-state index in [-0.39, 0.29) is 0 Å². The minimum absolute atomic E-state index is 0.557. The van der Waals surface area contributed by atoms with E-state index in [2.05, 4.69) is 175 Å². The van der Waals surface area contributed by atoms with Gasteiger partial charge in [0.05, 0.1) is 5.69 Å². The highest BCUT2D eigenvalue weighted by Gasteiger charge is 2.22. The minimum Gasteiger partial charge on any atom is -0.456 e. The lowest BCUT2D eigenvalue weighted by molar-refractivity contribution is 0.619. The van der Waals surface area contributed by atoms with Crippen molar-refractivity contribution in [2.24, 2.45) is 0 Å². The molecule has 0 aliphatic heterocycles. The quantitative estimate of drug-likeness (QED) is 0.173. The third kappa shape index (κ3) is 5.26. The van der Waals surface area contributed by atoms with Crippen LogP contribution >= 0.6 is 0 Å². The molecule has 2 aromatic heterocycles. The van der Waals surface area contributed by atoms with Gasteiger partial charge in [-0.15, -0.1) is 0 Å². The van der Waals surface area contributed by atoms with Crippen molar-refractivity contribution in [3.8, 4) is 33.7 Å². The number of para-hydroxylation sites is 3. The van der Waals surface area contributed by atoms with Gasteiger partial charge in [0.25, 0.3) is 0 Å². The fourth-order valence-corrected chi connectivity index (χ4v) is 8.05. The van der Waals surface area contributed by atoms with Gasteiger partial charge in [0.1, 0.15) is 16.7 Å². The van der Waals surface area contributed by atoms with Gasteiger partial charge in [0, 0.05) is 33.1 Å². The Hall–Kier alpha value is -7.43. The molecular formula is C51H32N2O2. The summed E-state index contributed by atoms with van der Waals surface area (Å²) in [5.74, 6) is 0.557. The second kappa shape index (κ2) is 12.6. The first kappa shape index (κ1) is 31.1. The van der Waals surface area contributed by atoms with Crippen molar-refractivity contribution in [1.82, 2.24) is 4.98 Å². The van der Waals surface area contributed by atoms with Gasteiger partial charge >= 0.3 is 0 Å². The Morgan fingerprint density at radius 2 is 0.982 bits per heavy atom. The summed E-state index contributed by atoms with van der Waals surface area (Å²) >= 11 is 0. The highest BCUT2D eigenvalue weighted by molar-refractivity contribution is 6.15. The lowest BCUT2D eigenvalue weighted by atomic mass is 9.91. The summed E-state index contributed by atoms with van der Waals surface area (Å²) in [6.45, 7) is 0. The van der Waals surface area contributed by atoms with Crippen LogP contribution in [0.25, 0.3) is 88.3 Å². The number of oxazole rings is 1. The Kier molecular flexibility index (Phi) is 7.14. The first-order chi connectivity index (χ1) is 27.2. The van der Waals surface area contributed by atoms with Crippen molar-refractivity contribution >= 4 is 71.6 Å². The van der Waals surface area contributed by atoms with Crippen LogP contribution in [0.1, 0.15) is 0 Å². The van der Waals surface area contributed by atoms with Crippen LogP contribution in [0.2, 0.25) is 0 Å². The maximum Gasteiger partial charge on any atom is 0.228 e. The average molecular weight is 705 g/mol. The van der Waals surface area contributed by atoms with Crippen molar-refractivity contribution in [2.45, 2.75) is 0 Å². The standard InChI is InChI=1S/C51H32N2O2/c1-3-13-33(14-4-1)34-23-25-38(26-24-34)53(37-17-5-2-6-18-37)47-28-27-40(39-19-9-10-20-41(39)47)42-31-44-43-29-35-15-7-8-16-36(35)30-49(43)54-50(44)32-45(42)51-52-46-21-11-12-22-48(46)55-51/h1-32H. The van der Waals surface area contributed by atoms with Crippen LogP contribution in [0.3, 0.4) is 0 Å². The molecule has 4 heteroatoms. The van der Waals surface area contributed by atoms with Gasteiger partial charge in [-0.2, -0.15) is 0 Å². The number of anilines is 3. The van der Waals surface area contributed by atoms with E-state index >= 15 is 0 Å². The lowest BCUT2D eigenvalue weighted by Crippen LogP contribution is -2.10. The van der Waals surface area contributed by atoms with Gasteiger partial charge in [0.2, 0.25) is 5.89 Å². The Morgan fingerprint density at radius 1 is 0.364 bits per heavy atom. The zero-order valence-electron chi connectivity index (χ0n) is 29.7. The van der Waals surface area contributed by atoms with Crippen molar-refractivity contribution in [2.75, 3.05) is 4.90 Å². The van der Waals surface area contributed by atoms with E-state index in [0.29, 0.717) is 5.89 Å². The predicted octanol–water partition coefficient (Wildman–Crippen LogP) is 14.5. The summed E-state index contributed by atoms with van der Waals surface area (Å²) < 4.78 is 13.1. The third-order valence-electron chi connectivity index (χ3n) is 10.7. The van der Waals surface area contributed by atoms with Gasteiger partial charge in [-0.25, -0.2) is 4.98 Å². The van der Waals surface area contributed by atoms with Crippen LogP contribution in [0.4, 0.5) is 17.1 Å². The monoisotopic (exact) mass is 704 g/mol. The number of rotatable bonds is 6. The molecule has 0 aliphatic carbocycles. The molecule has 0 atom stereocenters. The van der Waals surface area contributed by atoms with Gasteiger partial charge in [-0.3, -0.25) is 0 Å². The molecule has 9 aromatic carbocycles. The maximum atomic E-state index is 6.58. The number of nitrogens with zero attached hydrogens (tertiary/aromatic N) is 2. The van der Waals surface area contributed by atoms with Crippen LogP contribution in [0, 0.1) is 0 Å². The van der Waals surface area contributed by atoms with Crippen LogP contribution in [0.5, 0.6) is 0 Å². The van der Waals surface area contributed by atoms with Crippen molar-refractivity contribution < 1.29 is 8.83 Å². The highest BCUT2D eigenvalue weighted by Crippen LogP contribution is 2.46. The topological polar surface area (TPSA) is 42.4 Å². The molecule has 0 fully saturated rings. The molecule has 0 saturated heterocycles. The number of benzene rings is 9. The summed E-state index contributed by atoms with van der Waals surface area (Å²) in [6.07, 6.45) is 0. The van der Waals surface area contributed by atoms with E-state index in [1.807, 2.05) is 24.3 Å². The molecule has 55 heavy (non-hydrogen) atoms. The molecule has 2 heterocycles. The number of furan rings is 1. The molecule has 11 rings (SSSR count). The summed E-state index contributed by atoms with van der Waals surface area (Å²) in [4.78, 5) is 7.34. The highest BCUT2D eigenvalue weighted by atomic mass is 16.3. The zero-order valence-corrected chi connectivity index (χ0v) is 29.7. The second-order valence-electron chi connectivity index (χ2n) is 13.9. The smallest absolute Gasteiger partial charge is 0.228 e. The molecule has 0 radical (unpaired) electrons. The van der Waals surface area contributed by atoms with Gasteiger partial charge in [-0.1, -0.05) is 127 Å². The molecule has 0 saturated carbocycles. The number of fused-ring (bicyclic) bond motifs is 6. The number of hydrogen-bond acceptors (Lipinski definition) is 4. The van der Waals surface area contributed by atoms with Crippen LogP contribution in [-0.4, -0.2) is 4.98 Å². The summed E-state index contributed by atoms with van der Waals surface area (Å²) in [5.41, 5.74) is 11.8. The number of hydrogen-bond donors (Lipinski definition) is 0. The molecule has 0 spiro atoms. The van der Waals surface area contributed by atoms with E-state index in [4.69, 9.17) is 13.8 Å². The molecule has 0 aliphatic rings. The molecule has 0 bridgehead atoms. The lowest BCUT2D eigenvalue weighted by Gasteiger charge is -2.28.